The second-order valence-electron chi connectivity index (χ2n) is 5.90. The van der Waals surface area contributed by atoms with Crippen LogP contribution in [0.2, 0.25) is 0 Å². The molecular formula is C14H19N3O2. The highest BCUT2D eigenvalue weighted by Crippen LogP contribution is 2.43. The van der Waals surface area contributed by atoms with Crippen molar-refractivity contribution in [3.63, 3.8) is 0 Å². The average Bonchev–Trinajstić information content (AvgIpc) is 2.37. The summed E-state index contributed by atoms with van der Waals surface area (Å²) in [6.45, 7) is 5.16. The number of carbonyl (C=O) groups excluding carboxylic acids is 1. The van der Waals surface area contributed by atoms with E-state index in [1.165, 1.54) is 0 Å². The van der Waals surface area contributed by atoms with Crippen molar-refractivity contribution >= 4 is 17.4 Å². The molecule has 0 spiro atoms. The fourth-order valence-electron chi connectivity index (χ4n) is 3.18. The van der Waals surface area contributed by atoms with Crippen molar-refractivity contribution in [1.29, 1.82) is 0 Å². The molecule has 5 nitrogen and oxygen atoms in total. The van der Waals surface area contributed by atoms with Crippen LogP contribution in [0, 0.1) is 5.41 Å². The Kier molecular flexibility index (Phi) is 2.66. The maximum Gasteiger partial charge on any atom is 0.247 e. The second kappa shape index (κ2) is 4.11. The van der Waals surface area contributed by atoms with E-state index in [1.807, 2.05) is 6.07 Å². The third-order valence-corrected chi connectivity index (χ3v) is 4.11. The second-order valence-corrected chi connectivity index (χ2v) is 5.90. The molecule has 0 saturated carbocycles. The molecule has 102 valence electrons. The molecule has 0 aromatic carbocycles. The fourth-order valence-corrected chi connectivity index (χ4v) is 3.18. The van der Waals surface area contributed by atoms with Crippen LogP contribution in [0.5, 0.6) is 5.88 Å². The Balaban J connectivity index is 2.08. The molecule has 1 unspecified atom stereocenters. The van der Waals surface area contributed by atoms with E-state index in [9.17, 15) is 4.79 Å². The monoisotopic (exact) mass is 261 g/mol. The van der Waals surface area contributed by atoms with Crippen LogP contribution in [0.1, 0.15) is 26.7 Å². The van der Waals surface area contributed by atoms with Gasteiger partial charge in [-0.15, -0.1) is 0 Å². The number of hydrogen-bond acceptors (Lipinski definition) is 4. The molecule has 3 rings (SSSR count). The maximum atomic E-state index is 12.3. The smallest absolute Gasteiger partial charge is 0.247 e. The van der Waals surface area contributed by atoms with Gasteiger partial charge in [0.05, 0.1) is 12.8 Å². The Morgan fingerprint density at radius 3 is 3.00 bits per heavy atom. The number of methoxy groups -OCH3 is 1. The lowest BCUT2D eigenvalue weighted by atomic mass is 9.75. The maximum absolute atomic E-state index is 12.3. The molecule has 5 heteroatoms. The number of ether oxygens (including phenoxy) is 1. The Hall–Kier alpha value is -1.78. The van der Waals surface area contributed by atoms with E-state index in [2.05, 4.69) is 29.0 Å². The zero-order valence-electron chi connectivity index (χ0n) is 11.6. The van der Waals surface area contributed by atoms with Gasteiger partial charge in [0.15, 0.2) is 5.82 Å². The summed E-state index contributed by atoms with van der Waals surface area (Å²) < 4.78 is 5.19. The van der Waals surface area contributed by atoms with Crippen LogP contribution < -0.4 is 15.0 Å². The number of aromatic nitrogens is 1. The van der Waals surface area contributed by atoms with Crippen LogP contribution >= 0.6 is 0 Å². The summed E-state index contributed by atoms with van der Waals surface area (Å²) in [7, 11) is 1.60. The number of anilines is 2. The van der Waals surface area contributed by atoms with Crippen LogP contribution in [0.3, 0.4) is 0 Å². The zero-order valence-corrected chi connectivity index (χ0v) is 11.6. The van der Waals surface area contributed by atoms with Crippen LogP contribution in [0.4, 0.5) is 11.5 Å². The Labute approximate surface area is 113 Å². The normalized spacial score (nSPS) is 24.3. The van der Waals surface area contributed by atoms with E-state index in [4.69, 9.17) is 4.74 Å². The predicted molar refractivity (Wildman–Crippen MR) is 73.6 cm³/mol. The highest BCUT2D eigenvalue weighted by atomic mass is 16.5. The van der Waals surface area contributed by atoms with Crippen LogP contribution in [0.15, 0.2) is 12.1 Å². The lowest BCUT2D eigenvalue weighted by molar-refractivity contribution is -0.120. The number of nitrogens with zero attached hydrogens (tertiary/aromatic N) is 2. The van der Waals surface area contributed by atoms with Gasteiger partial charge >= 0.3 is 0 Å². The third kappa shape index (κ3) is 1.84. The fraction of sp³-hybridized carbons (Fsp3) is 0.571. The van der Waals surface area contributed by atoms with Crippen molar-refractivity contribution in [2.45, 2.75) is 32.7 Å². The topological polar surface area (TPSA) is 54.5 Å². The summed E-state index contributed by atoms with van der Waals surface area (Å²) in [4.78, 5) is 19.0. The Morgan fingerprint density at radius 1 is 1.47 bits per heavy atom. The van der Waals surface area contributed by atoms with Crippen LogP contribution in [-0.2, 0) is 4.79 Å². The first kappa shape index (κ1) is 12.3. The molecule has 1 N–H and O–H groups in total. The van der Waals surface area contributed by atoms with Gasteiger partial charge in [0, 0.05) is 12.6 Å². The van der Waals surface area contributed by atoms with Crippen molar-refractivity contribution < 1.29 is 9.53 Å². The molecule has 1 aromatic rings. The summed E-state index contributed by atoms with van der Waals surface area (Å²) in [6.07, 6.45) is 2.13. The Bertz CT molecular complexity index is 527. The molecule has 0 radical (unpaired) electrons. The third-order valence-electron chi connectivity index (χ3n) is 4.11. The van der Waals surface area contributed by atoms with E-state index in [1.54, 1.807) is 13.2 Å². The van der Waals surface area contributed by atoms with Crippen molar-refractivity contribution in [2.24, 2.45) is 5.41 Å². The molecular weight excluding hydrogens is 242 g/mol. The molecule has 1 fully saturated rings. The molecule has 3 heterocycles. The molecule has 2 aliphatic heterocycles. The molecule has 1 saturated heterocycles. The molecule has 1 atom stereocenters. The van der Waals surface area contributed by atoms with Gasteiger partial charge < -0.3 is 15.0 Å². The molecule has 2 aliphatic rings. The number of pyridine rings is 1. The summed E-state index contributed by atoms with van der Waals surface area (Å²) >= 11 is 0. The van der Waals surface area contributed by atoms with Crippen molar-refractivity contribution in [1.82, 2.24) is 4.98 Å². The minimum atomic E-state index is -0.145. The van der Waals surface area contributed by atoms with Gasteiger partial charge in [0.2, 0.25) is 11.8 Å². The molecule has 0 bridgehead atoms. The number of amides is 1. The number of hydrogen-bond donors (Lipinski definition) is 1. The molecule has 19 heavy (non-hydrogen) atoms. The molecule has 1 aromatic heterocycles. The number of rotatable bonds is 1. The van der Waals surface area contributed by atoms with Crippen LogP contribution in [-0.4, -0.2) is 30.6 Å². The number of nitrogens with one attached hydrogen (secondary N) is 1. The lowest BCUT2D eigenvalue weighted by Crippen LogP contribution is -2.58. The number of piperidine rings is 1. The van der Waals surface area contributed by atoms with Gasteiger partial charge in [-0.25, -0.2) is 0 Å². The van der Waals surface area contributed by atoms with Crippen molar-refractivity contribution in [3.8, 4) is 5.88 Å². The van der Waals surface area contributed by atoms with Gasteiger partial charge in [-0.3, -0.25) is 4.79 Å². The zero-order chi connectivity index (χ0) is 13.6. The quantitative estimate of drug-likeness (QED) is 0.840. The summed E-state index contributed by atoms with van der Waals surface area (Å²) in [5, 5.41) is 2.97. The first-order valence-corrected chi connectivity index (χ1v) is 6.65. The van der Waals surface area contributed by atoms with E-state index < -0.39 is 0 Å². The van der Waals surface area contributed by atoms with Gasteiger partial charge in [-0.2, -0.15) is 4.98 Å². The number of carbonyl (C=O) groups is 1. The van der Waals surface area contributed by atoms with Gasteiger partial charge in [-0.05, 0) is 24.3 Å². The summed E-state index contributed by atoms with van der Waals surface area (Å²) in [6, 6.07) is 3.49. The molecule has 1 amide bonds. The summed E-state index contributed by atoms with van der Waals surface area (Å²) in [5.74, 6) is 1.48. The van der Waals surface area contributed by atoms with Crippen molar-refractivity contribution in [2.75, 3.05) is 23.9 Å². The van der Waals surface area contributed by atoms with Crippen LogP contribution in [0.25, 0.3) is 0 Å². The minimum absolute atomic E-state index is 0.0369. The predicted octanol–water partition coefficient (Wildman–Crippen LogP) is 2.04. The summed E-state index contributed by atoms with van der Waals surface area (Å²) in [5.41, 5.74) is 0.741. The first-order valence-electron chi connectivity index (χ1n) is 6.65. The highest BCUT2D eigenvalue weighted by molar-refractivity contribution is 6.03. The van der Waals surface area contributed by atoms with E-state index in [0.717, 1.165) is 30.9 Å². The van der Waals surface area contributed by atoms with Gasteiger partial charge in [0.25, 0.3) is 0 Å². The Morgan fingerprint density at radius 2 is 2.26 bits per heavy atom. The first-order chi connectivity index (χ1) is 9.03. The average molecular weight is 261 g/mol. The highest BCUT2D eigenvalue weighted by Gasteiger charge is 2.46. The lowest BCUT2D eigenvalue weighted by Gasteiger charge is -2.48. The van der Waals surface area contributed by atoms with Gasteiger partial charge in [-0.1, -0.05) is 13.8 Å². The van der Waals surface area contributed by atoms with Gasteiger partial charge in [0.1, 0.15) is 6.04 Å². The standard InChI is InChI=1S/C14H19N3O2/c1-14(2)7-4-8-17-11(14)13(18)15-9-5-6-10(19-3)16-12(9)17/h5-6,11H,4,7-8H2,1-3H3,(H,15,18). The molecule has 0 aliphatic carbocycles. The van der Waals surface area contributed by atoms with Crippen molar-refractivity contribution in [3.05, 3.63) is 12.1 Å². The largest absolute Gasteiger partial charge is 0.481 e. The van der Waals surface area contributed by atoms with E-state index in [-0.39, 0.29) is 17.4 Å². The van der Waals surface area contributed by atoms with E-state index >= 15 is 0 Å². The minimum Gasteiger partial charge on any atom is -0.481 e. The number of fused-ring (bicyclic) bond motifs is 3. The van der Waals surface area contributed by atoms with E-state index in [0.29, 0.717) is 5.88 Å². The SMILES string of the molecule is COc1ccc2c(n1)N1CCCC(C)(C)C1C(=O)N2.